The Kier molecular flexibility index (Phi) is 17.8. The zero-order valence-electron chi connectivity index (χ0n) is 13.2. The maximum absolute atomic E-state index is 8.45. The van der Waals surface area contributed by atoms with Crippen molar-refractivity contribution in [2.24, 2.45) is 5.92 Å². The van der Waals surface area contributed by atoms with Crippen LogP contribution in [0.2, 0.25) is 0 Å². The summed E-state index contributed by atoms with van der Waals surface area (Å²) in [6, 6.07) is 0. The van der Waals surface area contributed by atoms with Gasteiger partial charge in [-0.25, -0.2) is 0 Å². The molecule has 0 saturated heterocycles. The SMILES string of the molecule is CC.CCCC(CC)CCCCC(CC)OC#N. The molecule has 0 heterocycles. The van der Waals surface area contributed by atoms with Gasteiger partial charge in [0.2, 0.25) is 0 Å². The molecule has 18 heavy (non-hydrogen) atoms. The molecule has 0 aliphatic rings. The molecule has 0 bridgehead atoms. The van der Waals surface area contributed by atoms with E-state index in [0.717, 1.165) is 18.8 Å². The van der Waals surface area contributed by atoms with Crippen LogP contribution in [0.4, 0.5) is 0 Å². The first-order valence-electron chi connectivity index (χ1n) is 7.83. The molecular formula is C16H33NO. The zero-order valence-corrected chi connectivity index (χ0v) is 13.2. The molecule has 2 nitrogen and oxygen atoms in total. The predicted octanol–water partition coefficient (Wildman–Crippen LogP) is 5.68. The van der Waals surface area contributed by atoms with Crippen molar-refractivity contribution >= 4 is 0 Å². The fourth-order valence-corrected chi connectivity index (χ4v) is 2.19. The van der Waals surface area contributed by atoms with Gasteiger partial charge in [0.05, 0.1) is 0 Å². The topological polar surface area (TPSA) is 33.0 Å². The molecule has 0 aliphatic carbocycles. The molecule has 0 aliphatic heterocycles. The van der Waals surface area contributed by atoms with Crippen molar-refractivity contribution in [3.8, 4) is 6.26 Å². The van der Waals surface area contributed by atoms with Gasteiger partial charge in [0.1, 0.15) is 6.10 Å². The Morgan fingerprint density at radius 3 is 2.00 bits per heavy atom. The Labute approximate surface area is 115 Å². The van der Waals surface area contributed by atoms with Crippen LogP contribution < -0.4 is 0 Å². The van der Waals surface area contributed by atoms with Crippen LogP contribution in [0.3, 0.4) is 0 Å². The van der Waals surface area contributed by atoms with Crippen molar-refractivity contribution < 1.29 is 4.74 Å². The molecule has 0 aromatic heterocycles. The van der Waals surface area contributed by atoms with Gasteiger partial charge in [0.25, 0.3) is 6.26 Å². The van der Waals surface area contributed by atoms with Crippen molar-refractivity contribution in [3.63, 3.8) is 0 Å². The number of hydrogen-bond acceptors (Lipinski definition) is 2. The molecule has 0 fully saturated rings. The second-order valence-corrected chi connectivity index (χ2v) is 4.59. The summed E-state index contributed by atoms with van der Waals surface area (Å²) in [5.74, 6) is 0.905. The van der Waals surface area contributed by atoms with Crippen LogP contribution >= 0.6 is 0 Å². The molecular weight excluding hydrogens is 222 g/mol. The minimum atomic E-state index is 0.149. The lowest BCUT2D eigenvalue weighted by atomic mass is 9.93. The molecule has 0 N–H and O–H groups in total. The van der Waals surface area contributed by atoms with Crippen LogP contribution in [0.5, 0.6) is 0 Å². The number of nitriles is 1. The van der Waals surface area contributed by atoms with Crippen LogP contribution in [-0.4, -0.2) is 6.10 Å². The van der Waals surface area contributed by atoms with E-state index >= 15 is 0 Å². The average Bonchev–Trinajstić information content (AvgIpc) is 2.43. The van der Waals surface area contributed by atoms with E-state index in [9.17, 15) is 0 Å². The zero-order chi connectivity index (χ0) is 14.2. The number of nitrogens with zero attached hydrogens (tertiary/aromatic N) is 1. The average molecular weight is 255 g/mol. The van der Waals surface area contributed by atoms with Crippen LogP contribution in [0.15, 0.2) is 0 Å². The van der Waals surface area contributed by atoms with E-state index in [1.165, 1.54) is 38.5 Å². The lowest BCUT2D eigenvalue weighted by Crippen LogP contribution is -2.08. The molecule has 0 aromatic rings. The first-order chi connectivity index (χ1) is 8.78. The highest BCUT2D eigenvalue weighted by Crippen LogP contribution is 2.19. The molecule has 2 atom stereocenters. The van der Waals surface area contributed by atoms with E-state index in [1.807, 2.05) is 13.8 Å². The summed E-state index contributed by atoms with van der Waals surface area (Å²) < 4.78 is 4.98. The lowest BCUT2D eigenvalue weighted by Gasteiger charge is -2.15. The molecule has 0 spiro atoms. The summed E-state index contributed by atoms with van der Waals surface area (Å²) >= 11 is 0. The van der Waals surface area contributed by atoms with Gasteiger partial charge in [-0.2, -0.15) is 5.26 Å². The first-order valence-corrected chi connectivity index (χ1v) is 7.83. The summed E-state index contributed by atoms with van der Waals surface area (Å²) in [6.45, 7) is 10.6. The highest BCUT2D eigenvalue weighted by Gasteiger charge is 2.08. The third-order valence-electron chi connectivity index (χ3n) is 3.34. The summed E-state index contributed by atoms with van der Waals surface area (Å²) in [4.78, 5) is 0. The van der Waals surface area contributed by atoms with Crippen LogP contribution in [0.25, 0.3) is 0 Å². The Balaban J connectivity index is 0. The van der Waals surface area contributed by atoms with Gasteiger partial charge in [-0.3, -0.25) is 0 Å². The molecule has 0 saturated carbocycles. The molecule has 0 radical (unpaired) electrons. The lowest BCUT2D eigenvalue weighted by molar-refractivity contribution is 0.143. The van der Waals surface area contributed by atoms with Crippen LogP contribution in [0, 0.1) is 17.4 Å². The fourth-order valence-electron chi connectivity index (χ4n) is 2.19. The smallest absolute Gasteiger partial charge is 0.286 e. The largest absolute Gasteiger partial charge is 0.424 e. The van der Waals surface area contributed by atoms with Crippen molar-refractivity contribution in [2.45, 2.75) is 92.1 Å². The van der Waals surface area contributed by atoms with Crippen LogP contribution in [0.1, 0.15) is 86.0 Å². The Morgan fingerprint density at radius 1 is 0.944 bits per heavy atom. The molecule has 0 aromatic carbocycles. The number of ether oxygens (including phenoxy) is 1. The summed E-state index contributed by atoms with van der Waals surface area (Å²) in [7, 11) is 0. The number of unbranched alkanes of at least 4 members (excludes halogenated alkanes) is 1. The Morgan fingerprint density at radius 2 is 1.56 bits per heavy atom. The third kappa shape index (κ3) is 11.8. The van der Waals surface area contributed by atoms with Gasteiger partial charge in [-0.05, 0) is 25.2 Å². The first kappa shape index (κ1) is 19.6. The standard InChI is InChI=1S/C14H27NO.C2H6/c1-4-9-13(5-2)10-7-8-11-14(6-3)16-12-15;1-2/h13-14H,4-11H2,1-3H3;1-2H3. The van der Waals surface area contributed by atoms with Gasteiger partial charge in [-0.1, -0.05) is 66.7 Å². The second kappa shape index (κ2) is 16.3. The van der Waals surface area contributed by atoms with Crippen molar-refractivity contribution in [1.82, 2.24) is 0 Å². The monoisotopic (exact) mass is 255 g/mol. The van der Waals surface area contributed by atoms with Crippen molar-refractivity contribution in [3.05, 3.63) is 0 Å². The summed E-state index contributed by atoms with van der Waals surface area (Å²) in [6.07, 6.45) is 11.7. The van der Waals surface area contributed by atoms with Crippen molar-refractivity contribution in [2.75, 3.05) is 0 Å². The van der Waals surface area contributed by atoms with Gasteiger partial charge in [-0.15, -0.1) is 0 Å². The molecule has 0 rings (SSSR count). The van der Waals surface area contributed by atoms with E-state index in [4.69, 9.17) is 10.00 Å². The normalized spacial score (nSPS) is 12.9. The Hall–Kier alpha value is -0.710. The number of rotatable bonds is 10. The van der Waals surface area contributed by atoms with E-state index in [0.29, 0.717) is 0 Å². The molecule has 108 valence electrons. The van der Waals surface area contributed by atoms with Gasteiger partial charge in [0, 0.05) is 0 Å². The Bertz CT molecular complexity index is 186. The van der Waals surface area contributed by atoms with Gasteiger partial charge >= 0.3 is 0 Å². The van der Waals surface area contributed by atoms with E-state index < -0.39 is 0 Å². The number of hydrogen-bond donors (Lipinski definition) is 0. The van der Waals surface area contributed by atoms with E-state index in [-0.39, 0.29) is 6.10 Å². The highest BCUT2D eigenvalue weighted by molar-refractivity contribution is 4.63. The van der Waals surface area contributed by atoms with Crippen LogP contribution in [-0.2, 0) is 4.74 Å². The fraction of sp³-hybridized carbons (Fsp3) is 0.938. The summed E-state index contributed by atoms with van der Waals surface area (Å²) in [5.41, 5.74) is 0. The van der Waals surface area contributed by atoms with E-state index in [1.54, 1.807) is 6.26 Å². The van der Waals surface area contributed by atoms with E-state index in [2.05, 4.69) is 20.8 Å². The van der Waals surface area contributed by atoms with Gasteiger partial charge in [0.15, 0.2) is 0 Å². The quantitative estimate of drug-likeness (QED) is 0.372. The maximum Gasteiger partial charge on any atom is 0.286 e. The highest BCUT2D eigenvalue weighted by atomic mass is 16.5. The van der Waals surface area contributed by atoms with Crippen molar-refractivity contribution in [1.29, 1.82) is 5.26 Å². The molecule has 2 heteroatoms. The minimum absolute atomic E-state index is 0.149. The second-order valence-electron chi connectivity index (χ2n) is 4.59. The maximum atomic E-state index is 8.45. The third-order valence-corrected chi connectivity index (χ3v) is 3.34. The minimum Gasteiger partial charge on any atom is -0.424 e. The summed E-state index contributed by atoms with van der Waals surface area (Å²) in [5, 5.41) is 8.45. The molecule has 2 unspecified atom stereocenters. The molecule has 0 amide bonds. The van der Waals surface area contributed by atoms with Gasteiger partial charge < -0.3 is 4.74 Å². The predicted molar refractivity (Wildman–Crippen MR) is 79.3 cm³/mol.